The second kappa shape index (κ2) is 7.81. The Morgan fingerprint density at radius 1 is 1.00 bits per heavy atom. The third-order valence-electron chi connectivity index (χ3n) is 5.58. The lowest BCUT2D eigenvalue weighted by molar-refractivity contribution is -0.122. The third-order valence-corrected chi connectivity index (χ3v) is 7.80. The van der Waals surface area contributed by atoms with Gasteiger partial charge in [0.05, 0.1) is 6.54 Å². The second-order valence-electron chi connectivity index (χ2n) is 7.76. The average molecular weight is 407 g/mol. The molecule has 1 aromatic rings. The van der Waals surface area contributed by atoms with Crippen LogP contribution in [0.4, 0.5) is 0 Å². The van der Waals surface area contributed by atoms with Crippen LogP contribution in [-0.4, -0.2) is 91.4 Å². The molecule has 1 aliphatic carbocycles. The zero-order valence-electron chi connectivity index (χ0n) is 15.8. The van der Waals surface area contributed by atoms with Crippen LogP contribution in [0.25, 0.3) is 0 Å². The molecular weight excluding hydrogens is 380 g/mol. The molecule has 0 radical (unpaired) electrons. The molecule has 9 heteroatoms. The molecule has 0 unspecified atom stereocenters. The lowest BCUT2D eigenvalue weighted by Crippen LogP contribution is -2.62. The highest BCUT2D eigenvalue weighted by molar-refractivity contribution is 7.89. The summed E-state index contributed by atoms with van der Waals surface area (Å²) in [5.74, 6) is -0.105. The van der Waals surface area contributed by atoms with E-state index in [0.717, 1.165) is 12.8 Å². The number of benzene rings is 1. The molecule has 1 aromatic carbocycles. The predicted molar refractivity (Wildman–Crippen MR) is 104 cm³/mol. The Bertz CT molecular complexity index is 827. The van der Waals surface area contributed by atoms with Gasteiger partial charge < -0.3 is 10.2 Å². The van der Waals surface area contributed by atoms with Gasteiger partial charge in [0.15, 0.2) is 0 Å². The highest BCUT2D eigenvalue weighted by Crippen LogP contribution is 2.23. The summed E-state index contributed by atoms with van der Waals surface area (Å²) in [6.45, 7) is 2.69. The number of hydrogen-bond donors (Lipinski definition) is 1. The summed E-state index contributed by atoms with van der Waals surface area (Å²) in [5.41, 5.74) is 0.580. The van der Waals surface area contributed by atoms with E-state index in [0.29, 0.717) is 44.3 Å². The van der Waals surface area contributed by atoms with E-state index in [1.807, 2.05) is 11.0 Å². The molecule has 0 atom stereocenters. The zero-order chi connectivity index (χ0) is 19.7. The van der Waals surface area contributed by atoms with Crippen molar-refractivity contribution in [2.24, 2.45) is 0 Å². The van der Waals surface area contributed by atoms with Gasteiger partial charge >= 0.3 is 0 Å². The Kier molecular flexibility index (Phi) is 5.39. The highest BCUT2D eigenvalue weighted by atomic mass is 32.2. The number of carbonyl (C=O) groups is 2. The minimum Gasteiger partial charge on any atom is -0.352 e. The van der Waals surface area contributed by atoms with Crippen LogP contribution in [0.15, 0.2) is 30.3 Å². The topological polar surface area (TPSA) is 90.0 Å². The predicted octanol–water partition coefficient (Wildman–Crippen LogP) is -0.263. The van der Waals surface area contributed by atoms with Crippen LogP contribution in [0.3, 0.4) is 0 Å². The fraction of sp³-hybridized carbons (Fsp3) is 0.579. The van der Waals surface area contributed by atoms with E-state index in [4.69, 9.17) is 0 Å². The normalized spacial score (nSPS) is 21.9. The van der Waals surface area contributed by atoms with Gasteiger partial charge in [-0.1, -0.05) is 18.2 Å². The molecule has 0 aromatic heterocycles. The number of sulfonamides is 1. The molecule has 152 valence electrons. The van der Waals surface area contributed by atoms with Crippen LogP contribution < -0.4 is 5.32 Å². The van der Waals surface area contributed by atoms with Gasteiger partial charge in [-0.15, -0.1) is 0 Å². The van der Waals surface area contributed by atoms with Crippen molar-refractivity contribution >= 4 is 21.8 Å². The van der Waals surface area contributed by atoms with Gasteiger partial charge in [-0.2, -0.15) is 4.31 Å². The van der Waals surface area contributed by atoms with Crippen molar-refractivity contribution in [3.8, 4) is 0 Å². The molecule has 28 heavy (non-hydrogen) atoms. The van der Waals surface area contributed by atoms with Crippen molar-refractivity contribution in [3.05, 3.63) is 35.9 Å². The molecule has 1 N–H and O–H groups in total. The molecule has 3 fully saturated rings. The van der Waals surface area contributed by atoms with E-state index in [2.05, 4.69) is 5.32 Å². The number of nitrogens with zero attached hydrogens (tertiary/aromatic N) is 3. The van der Waals surface area contributed by atoms with Crippen molar-refractivity contribution in [1.82, 2.24) is 19.4 Å². The first-order valence-corrected chi connectivity index (χ1v) is 11.3. The molecule has 2 saturated heterocycles. The average Bonchev–Trinajstić information content (AvgIpc) is 3.45. The maximum atomic E-state index is 12.8. The van der Waals surface area contributed by atoms with Crippen molar-refractivity contribution in [1.29, 1.82) is 0 Å². The van der Waals surface area contributed by atoms with Crippen molar-refractivity contribution in [2.45, 2.75) is 24.1 Å². The van der Waals surface area contributed by atoms with Crippen LogP contribution in [0.1, 0.15) is 23.2 Å². The Hall–Kier alpha value is -1.97. The van der Waals surface area contributed by atoms with Crippen LogP contribution in [0.2, 0.25) is 0 Å². The highest BCUT2D eigenvalue weighted by Gasteiger charge is 2.43. The van der Waals surface area contributed by atoms with Crippen molar-refractivity contribution in [2.75, 3.05) is 45.8 Å². The SMILES string of the molecule is O=C(CN1CCN(S(=O)(=O)C2CN(C(=O)c3ccccc3)C2)CC1)NC1CC1. The number of piperazine rings is 1. The summed E-state index contributed by atoms with van der Waals surface area (Å²) in [6.07, 6.45) is 2.12. The third kappa shape index (κ3) is 4.21. The van der Waals surface area contributed by atoms with Gasteiger partial charge in [0.25, 0.3) is 5.91 Å². The first-order valence-electron chi connectivity index (χ1n) is 9.78. The van der Waals surface area contributed by atoms with Crippen molar-refractivity contribution in [3.63, 3.8) is 0 Å². The van der Waals surface area contributed by atoms with Crippen LogP contribution in [0.5, 0.6) is 0 Å². The molecule has 2 amide bonds. The zero-order valence-corrected chi connectivity index (χ0v) is 16.6. The molecule has 1 saturated carbocycles. The lowest BCUT2D eigenvalue weighted by Gasteiger charge is -2.42. The fourth-order valence-corrected chi connectivity index (χ4v) is 5.44. The summed E-state index contributed by atoms with van der Waals surface area (Å²) in [4.78, 5) is 27.8. The number of hydrogen-bond acceptors (Lipinski definition) is 5. The van der Waals surface area contributed by atoms with E-state index in [1.165, 1.54) is 4.31 Å². The first-order chi connectivity index (χ1) is 13.4. The van der Waals surface area contributed by atoms with E-state index >= 15 is 0 Å². The molecule has 2 heterocycles. The van der Waals surface area contributed by atoms with E-state index in [1.54, 1.807) is 29.2 Å². The molecule has 0 bridgehead atoms. The Morgan fingerprint density at radius 2 is 1.64 bits per heavy atom. The molecular formula is C19H26N4O4S. The summed E-state index contributed by atoms with van der Waals surface area (Å²) >= 11 is 0. The number of nitrogens with one attached hydrogen (secondary N) is 1. The van der Waals surface area contributed by atoms with Gasteiger partial charge in [-0.05, 0) is 25.0 Å². The maximum Gasteiger partial charge on any atom is 0.253 e. The molecule has 0 spiro atoms. The van der Waals surface area contributed by atoms with Crippen LogP contribution >= 0.6 is 0 Å². The van der Waals surface area contributed by atoms with Gasteiger partial charge in [-0.3, -0.25) is 14.5 Å². The Morgan fingerprint density at radius 3 is 2.25 bits per heavy atom. The van der Waals surface area contributed by atoms with Crippen LogP contribution in [-0.2, 0) is 14.8 Å². The molecule has 4 rings (SSSR count). The Balaban J connectivity index is 1.25. The fourth-order valence-electron chi connectivity index (χ4n) is 3.61. The summed E-state index contributed by atoms with van der Waals surface area (Å²) in [7, 11) is -3.42. The number of likely N-dealkylation sites (tertiary alicyclic amines) is 1. The molecule has 3 aliphatic rings. The summed E-state index contributed by atoms with van der Waals surface area (Å²) in [5, 5.41) is 2.42. The number of rotatable bonds is 6. The van der Waals surface area contributed by atoms with E-state index in [9.17, 15) is 18.0 Å². The summed E-state index contributed by atoms with van der Waals surface area (Å²) in [6, 6.07) is 9.26. The molecule has 2 aliphatic heterocycles. The quantitative estimate of drug-likeness (QED) is 0.703. The maximum absolute atomic E-state index is 12.8. The largest absolute Gasteiger partial charge is 0.352 e. The minimum absolute atomic E-state index is 0.0212. The standard InChI is InChI=1S/C19H26N4O4S/c24-18(20-16-6-7-16)14-21-8-10-23(11-9-21)28(26,27)17-12-22(13-17)19(25)15-4-2-1-3-5-15/h1-5,16-17H,6-14H2,(H,20,24). The van der Waals surface area contributed by atoms with E-state index in [-0.39, 0.29) is 24.9 Å². The van der Waals surface area contributed by atoms with E-state index < -0.39 is 15.3 Å². The van der Waals surface area contributed by atoms with Gasteiger partial charge in [0.2, 0.25) is 15.9 Å². The monoisotopic (exact) mass is 406 g/mol. The second-order valence-corrected chi connectivity index (χ2v) is 9.97. The smallest absolute Gasteiger partial charge is 0.253 e. The lowest BCUT2D eigenvalue weighted by atomic mass is 10.1. The Labute approximate surface area is 165 Å². The van der Waals surface area contributed by atoms with Gasteiger partial charge in [0, 0.05) is 50.9 Å². The van der Waals surface area contributed by atoms with Gasteiger partial charge in [0.1, 0.15) is 5.25 Å². The first kappa shape index (κ1) is 19.4. The number of amides is 2. The van der Waals surface area contributed by atoms with Crippen molar-refractivity contribution < 1.29 is 18.0 Å². The minimum atomic E-state index is -3.42. The van der Waals surface area contributed by atoms with Gasteiger partial charge in [-0.25, -0.2) is 8.42 Å². The number of carbonyl (C=O) groups excluding carboxylic acids is 2. The summed E-state index contributed by atoms with van der Waals surface area (Å²) < 4.78 is 27.2. The molecule has 8 nitrogen and oxygen atoms in total. The van der Waals surface area contributed by atoms with Crippen LogP contribution in [0, 0.1) is 0 Å².